The predicted octanol–water partition coefficient (Wildman–Crippen LogP) is 2.07. The number of nitrogens with one attached hydrogen (secondary N) is 1. The molecular formula is C14H18N2O3. The van der Waals surface area contributed by atoms with Crippen LogP contribution in [0.2, 0.25) is 0 Å². The lowest BCUT2D eigenvalue weighted by Gasteiger charge is -2.21. The number of pyridine rings is 1. The van der Waals surface area contributed by atoms with Gasteiger partial charge in [-0.15, -0.1) is 0 Å². The van der Waals surface area contributed by atoms with Crippen LogP contribution in [0, 0.1) is 0 Å². The molecule has 2 saturated heterocycles. The third-order valence-electron chi connectivity index (χ3n) is 3.93. The van der Waals surface area contributed by atoms with Gasteiger partial charge < -0.3 is 15.2 Å². The van der Waals surface area contributed by atoms with Gasteiger partial charge in [-0.2, -0.15) is 0 Å². The summed E-state index contributed by atoms with van der Waals surface area (Å²) in [5.74, 6) is -0.262. The summed E-state index contributed by atoms with van der Waals surface area (Å²) in [7, 11) is 0. The number of aromatic carboxylic acids is 1. The number of ether oxygens (including phenoxy) is 1. The Bertz CT molecular complexity index is 503. The first-order valence-corrected chi connectivity index (χ1v) is 6.82. The molecule has 2 bridgehead atoms. The average Bonchev–Trinajstić information content (AvgIpc) is 3.00. The maximum atomic E-state index is 11.1. The lowest BCUT2D eigenvalue weighted by atomic mass is 9.95. The quantitative estimate of drug-likeness (QED) is 0.869. The van der Waals surface area contributed by atoms with Gasteiger partial charge in [0.1, 0.15) is 5.82 Å². The third-order valence-corrected chi connectivity index (χ3v) is 3.93. The second kappa shape index (κ2) is 4.81. The van der Waals surface area contributed by atoms with Gasteiger partial charge in [0.15, 0.2) is 0 Å². The van der Waals surface area contributed by atoms with Crippen LogP contribution in [0.25, 0.3) is 0 Å². The Labute approximate surface area is 112 Å². The van der Waals surface area contributed by atoms with Crippen molar-refractivity contribution in [3.63, 3.8) is 0 Å². The van der Waals surface area contributed by atoms with E-state index in [0.717, 1.165) is 31.4 Å². The van der Waals surface area contributed by atoms with Crippen LogP contribution in [-0.2, 0) is 11.2 Å². The van der Waals surface area contributed by atoms with Crippen LogP contribution in [0.3, 0.4) is 0 Å². The summed E-state index contributed by atoms with van der Waals surface area (Å²) in [5.41, 5.74) is 1.09. The molecule has 2 N–H and O–H groups in total. The molecule has 1 aromatic heterocycles. The molecular weight excluding hydrogens is 244 g/mol. The molecule has 3 atom stereocenters. The number of rotatable bonds is 4. The van der Waals surface area contributed by atoms with Crippen LogP contribution < -0.4 is 5.32 Å². The zero-order valence-electron chi connectivity index (χ0n) is 10.9. The van der Waals surface area contributed by atoms with E-state index >= 15 is 0 Å². The zero-order chi connectivity index (χ0) is 13.4. The van der Waals surface area contributed by atoms with Crippen molar-refractivity contribution < 1.29 is 14.6 Å². The van der Waals surface area contributed by atoms with Gasteiger partial charge in [0.2, 0.25) is 0 Å². The first kappa shape index (κ1) is 12.4. The minimum Gasteiger partial charge on any atom is -0.478 e. The molecule has 19 heavy (non-hydrogen) atoms. The summed E-state index contributed by atoms with van der Waals surface area (Å²) >= 11 is 0. The predicted molar refractivity (Wildman–Crippen MR) is 70.5 cm³/mol. The topological polar surface area (TPSA) is 71.5 Å². The molecule has 5 heteroatoms. The number of hydrogen-bond donors (Lipinski definition) is 2. The van der Waals surface area contributed by atoms with Crippen molar-refractivity contribution in [3.8, 4) is 0 Å². The van der Waals surface area contributed by atoms with E-state index < -0.39 is 5.97 Å². The van der Waals surface area contributed by atoms with Gasteiger partial charge in [0.05, 0.1) is 23.8 Å². The summed E-state index contributed by atoms with van der Waals surface area (Å²) in [6.07, 6.45) is 4.57. The fraction of sp³-hybridized carbons (Fsp3) is 0.571. The molecule has 0 aliphatic carbocycles. The molecule has 2 fully saturated rings. The first-order chi connectivity index (χ1) is 9.15. The summed E-state index contributed by atoms with van der Waals surface area (Å²) in [6.45, 7) is 1.97. The maximum Gasteiger partial charge on any atom is 0.335 e. The fourth-order valence-electron chi connectivity index (χ4n) is 2.95. The van der Waals surface area contributed by atoms with E-state index in [0.29, 0.717) is 17.5 Å². The maximum absolute atomic E-state index is 11.1. The molecule has 1 aromatic rings. The smallest absolute Gasteiger partial charge is 0.335 e. The molecule has 2 aliphatic rings. The van der Waals surface area contributed by atoms with E-state index in [1.165, 1.54) is 0 Å². The number of nitrogens with zero attached hydrogens (tertiary/aromatic N) is 1. The van der Waals surface area contributed by atoms with Gasteiger partial charge in [-0.05, 0) is 37.8 Å². The number of aromatic nitrogens is 1. The lowest BCUT2D eigenvalue weighted by molar-refractivity contribution is 0.0696. The number of hydrogen-bond acceptors (Lipinski definition) is 4. The molecule has 3 unspecified atom stereocenters. The minimum absolute atomic E-state index is 0.255. The van der Waals surface area contributed by atoms with Gasteiger partial charge in [-0.25, -0.2) is 9.78 Å². The van der Waals surface area contributed by atoms with Crippen LogP contribution in [0.4, 0.5) is 5.82 Å². The van der Waals surface area contributed by atoms with Gasteiger partial charge in [-0.3, -0.25) is 0 Å². The second-order valence-electron chi connectivity index (χ2n) is 5.25. The van der Waals surface area contributed by atoms with Crippen molar-refractivity contribution in [2.24, 2.45) is 0 Å². The van der Waals surface area contributed by atoms with Crippen molar-refractivity contribution in [2.45, 2.75) is 50.9 Å². The molecule has 102 valence electrons. The highest BCUT2D eigenvalue weighted by Gasteiger charge is 2.40. The van der Waals surface area contributed by atoms with E-state index in [2.05, 4.69) is 10.3 Å². The van der Waals surface area contributed by atoms with E-state index in [-0.39, 0.29) is 12.1 Å². The molecule has 0 saturated carbocycles. The van der Waals surface area contributed by atoms with Crippen molar-refractivity contribution in [1.29, 1.82) is 0 Å². The normalized spacial score (nSPS) is 28.6. The summed E-state index contributed by atoms with van der Waals surface area (Å²) in [5, 5.41) is 12.5. The average molecular weight is 262 g/mol. The van der Waals surface area contributed by atoms with Crippen molar-refractivity contribution >= 4 is 11.8 Å². The minimum atomic E-state index is -0.913. The highest BCUT2D eigenvalue weighted by atomic mass is 16.5. The molecule has 3 heterocycles. The Hall–Kier alpha value is -1.62. The Morgan fingerprint density at radius 1 is 1.53 bits per heavy atom. The SMILES string of the molecule is CCc1cc(C(=O)O)cc(NC2CC3CCC2O3)n1. The largest absolute Gasteiger partial charge is 0.478 e. The van der Waals surface area contributed by atoms with Crippen molar-refractivity contribution in [3.05, 3.63) is 23.4 Å². The monoisotopic (exact) mass is 262 g/mol. The Morgan fingerprint density at radius 2 is 2.37 bits per heavy atom. The van der Waals surface area contributed by atoms with Gasteiger partial charge >= 0.3 is 5.97 Å². The number of aryl methyl sites for hydroxylation is 1. The molecule has 0 spiro atoms. The molecule has 0 aromatic carbocycles. The highest BCUT2D eigenvalue weighted by molar-refractivity contribution is 5.88. The van der Waals surface area contributed by atoms with E-state index in [9.17, 15) is 4.79 Å². The highest BCUT2D eigenvalue weighted by Crippen LogP contribution is 2.35. The Kier molecular flexibility index (Phi) is 3.14. The van der Waals surface area contributed by atoms with Gasteiger partial charge in [-0.1, -0.05) is 6.92 Å². The summed E-state index contributed by atoms with van der Waals surface area (Å²) in [6, 6.07) is 3.50. The lowest BCUT2D eigenvalue weighted by Crippen LogP contribution is -2.31. The molecule has 0 radical (unpaired) electrons. The van der Waals surface area contributed by atoms with Crippen molar-refractivity contribution in [2.75, 3.05) is 5.32 Å². The Morgan fingerprint density at radius 3 is 2.95 bits per heavy atom. The van der Waals surface area contributed by atoms with Crippen molar-refractivity contribution in [1.82, 2.24) is 4.98 Å². The number of carboxylic acid groups (broad SMARTS) is 1. The Balaban J connectivity index is 1.80. The molecule has 3 rings (SSSR count). The van der Waals surface area contributed by atoms with Crippen LogP contribution in [-0.4, -0.2) is 34.3 Å². The first-order valence-electron chi connectivity index (χ1n) is 6.82. The standard InChI is InChI=1S/C14H18N2O3/c1-2-9-5-8(14(17)18)6-13(15-9)16-11-7-10-3-4-12(11)19-10/h5-6,10-12H,2-4,7H2,1H3,(H,15,16)(H,17,18). The van der Waals surface area contributed by atoms with Gasteiger partial charge in [0.25, 0.3) is 0 Å². The third kappa shape index (κ3) is 2.42. The fourth-order valence-corrected chi connectivity index (χ4v) is 2.95. The second-order valence-corrected chi connectivity index (χ2v) is 5.25. The summed E-state index contributed by atoms with van der Waals surface area (Å²) in [4.78, 5) is 15.6. The van der Waals surface area contributed by atoms with Crippen LogP contribution in [0.15, 0.2) is 12.1 Å². The molecule has 2 aliphatic heterocycles. The van der Waals surface area contributed by atoms with Gasteiger partial charge in [0, 0.05) is 5.69 Å². The van der Waals surface area contributed by atoms with E-state index in [1.54, 1.807) is 12.1 Å². The number of anilines is 1. The number of fused-ring (bicyclic) bond motifs is 2. The van der Waals surface area contributed by atoms with E-state index in [1.807, 2.05) is 6.92 Å². The van der Waals surface area contributed by atoms with Crippen LogP contribution in [0.5, 0.6) is 0 Å². The van der Waals surface area contributed by atoms with Crippen LogP contribution >= 0.6 is 0 Å². The number of carboxylic acids is 1. The van der Waals surface area contributed by atoms with E-state index in [4.69, 9.17) is 9.84 Å². The molecule has 5 nitrogen and oxygen atoms in total. The van der Waals surface area contributed by atoms with Crippen LogP contribution in [0.1, 0.15) is 42.2 Å². The summed E-state index contributed by atoms with van der Waals surface area (Å²) < 4.78 is 5.78. The zero-order valence-corrected chi connectivity index (χ0v) is 10.9. The number of carbonyl (C=O) groups is 1. The molecule has 0 amide bonds.